The maximum atomic E-state index is 12.0. The fourth-order valence-corrected chi connectivity index (χ4v) is 3.00. The van der Waals surface area contributed by atoms with Crippen molar-refractivity contribution in [2.24, 2.45) is 0 Å². The fraction of sp³-hybridized carbons (Fsp3) is 0.286. The second-order valence-corrected chi connectivity index (χ2v) is 5.31. The number of amides is 1. The Morgan fingerprint density at radius 1 is 1.50 bits per heavy atom. The van der Waals surface area contributed by atoms with Gasteiger partial charge in [0.05, 0.1) is 12.7 Å². The van der Waals surface area contributed by atoms with E-state index in [0.29, 0.717) is 21.6 Å². The molecule has 106 valence electrons. The topological polar surface area (TPSA) is 55.4 Å². The van der Waals surface area contributed by atoms with Gasteiger partial charge in [-0.15, -0.1) is 0 Å². The van der Waals surface area contributed by atoms with Gasteiger partial charge in [0, 0.05) is 28.4 Å². The van der Waals surface area contributed by atoms with Crippen LogP contribution in [0.3, 0.4) is 0 Å². The number of methoxy groups -OCH3 is 1. The lowest BCUT2D eigenvalue weighted by Gasteiger charge is -2.27. The lowest BCUT2D eigenvalue weighted by Crippen LogP contribution is -2.35. The highest BCUT2D eigenvalue weighted by molar-refractivity contribution is 9.09. The third kappa shape index (κ3) is 2.88. The molecule has 1 unspecified atom stereocenters. The van der Waals surface area contributed by atoms with Gasteiger partial charge in [-0.25, -0.2) is 4.79 Å². The molecule has 1 aromatic rings. The van der Waals surface area contributed by atoms with Crippen LogP contribution in [0.25, 0.3) is 0 Å². The number of alkyl halides is 1. The van der Waals surface area contributed by atoms with Gasteiger partial charge in [0.2, 0.25) is 5.91 Å². The summed E-state index contributed by atoms with van der Waals surface area (Å²) in [6, 6.07) is 7.20. The van der Waals surface area contributed by atoms with Crippen LogP contribution in [0, 0.1) is 0 Å². The van der Waals surface area contributed by atoms with Gasteiger partial charge in [0.15, 0.2) is 0 Å². The number of halogens is 2. The van der Waals surface area contributed by atoms with E-state index in [0.717, 1.165) is 5.56 Å². The van der Waals surface area contributed by atoms with E-state index in [4.69, 9.17) is 16.3 Å². The van der Waals surface area contributed by atoms with E-state index in [1.165, 1.54) is 7.11 Å². The molecule has 20 heavy (non-hydrogen) atoms. The Bertz CT molecular complexity index is 586. The van der Waals surface area contributed by atoms with Gasteiger partial charge in [-0.05, 0) is 11.6 Å². The summed E-state index contributed by atoms with van der Waals surface area (Å²) in [6.45, 7) is 0. The number of carbonyl (C=O) groups is 2. The van der Waals surface area contributed by atoms with Crippen LogP contribution in [0.2, 0.25) is 5.02 Å². The summed E-state index contributed by atoms with van der Waals surface area (Å²) in [7, 11) is 1.32. The van der Waals surface area contributed by atoms with Crippen LogP contribution in [0.5, 0.6) is 0 Å². The van der Waals surface area contributed by atoms with Crippen molar-refractivity contribution < 1.29 is 14.3 Å². The molecule has 0 saturated heterocycles. The molecule has 0 aliphatic carbocycles. The third-order valence-electron chi connectivity index (χ3n) is 3.17. The molecule has 4 nitrogen and oxygen atoms in total. The van der Waals surface area contributed by atoms with Gasteiger partial charge >= 0.3 is 5.97 Å². The molecule has 0 aromatic heterocycles. The van der Waals surface area contributed by atoms with Crippen LogP contribution < -0.4 is 5.32 Å². The zero-order valence-corrected chi connectivity index (χ0v) is 13.1. The summed E-state index contributed by atoms with van der Waals surface area (Å²) >= 11 is 9.47. The number of carbonyl (C=O) groups excluding carboxylic acids is 2. The molecule has 1 amide bonds. The Labute approximate surface area is 130 Å². The van der Waals surface area contributed by atoms with Gasteiger partial charge in [-0.1, -0.05) is 45.7 Å². The van der Waals surface area contributed by atoms with Crippen molar-refractivity contribution >= 4 is 39.4 Å². The maximum Gasteiger partial charge on any atom is 0.336 e. The molecule has 1 aliphatic rings. The highest BCUT2D eigenvalue weighted by Crippen LogP contribution is 2.37. The van der Waals surface area contributed by atoms with Crippen molar-refractivity contribution in [1.29, 1.82) is 0 Å². The third-order valence-corrected chi connectivity index (χ3v) is 4.08. The summed E-state index contributed by atoms with van der Waals surface area (Å²) in [4.78, 5) is 23.9. The molecule has 0 fully saturated rings. The number of allylic oxidation sites excluding steroid dienone is 1. The van der Waals surface area contributed by atoms with E-state index in [-0.39, 0.29) is 12.3 Å². The van der Waals surface area contributed by atoms with E-state index in [9.17, 15) is 9.59 Å². The van der Waals surface area contributed by atoms with Crippen molar-refractivity contribution in [3.8, 4) is 0 Å². The Morgan fingerprint density at radius 3 is 2.80 bits per heavy atom. The summed E-state index contributed by atoms with van der Waals surface area (Å²) < 4.78 is 4.84. The second-order valence-electron chi connectivity index (χ2n) is 4.34. The Balaban J connectivity index is 2.56. The Hall–Kier alpha value is -1.33. The van der Waals surface area contributed by atoms with Crippen LogP contribution in [-0.4, -0.2) is 24.3 Å². The van der Waals surface area contributed by atoms with Crippen LogP contribution in [0.15, 0.2) is 35.5 Å². The lowest BCUT2D eigenvalue weighted by atomic mass is 9.84. The Kier molecular flexibility index (Phi) is 4.83. The van der Waals surface area contributed by atoms with Crippen molar-refractivity contribution in [2.45, 2.75) is 12.3 Å². The normalized spacial score (nSPS) is 18.8. The van der Waals surface area contributed by atoms with Crippen LogP contribution in [0.4, 0.5) is 0 Å². The molecule has 1 aliphatic heterocycles. The SMILES string of the molecule is COC(=O)C1=C(CBr)NC(=O)CC1c1ccccc1Cl. The molecule has 2 rings (SSSR count). The smallest absolute Gasteiger partial charge is 0.336 e. The largest absolute Gasteiger partial charge is 0.466 e. The number of benzene rings is 1. The summed E-state index contributed by atoms with van der Waals surface area (Å²) in [6.07, 6.45) is 0.171. The van der Waals surface area contributed by atoms with Crippen molar-refractivity contribution in [1.82, 2.24) is 5.32 Å². The van der Waals surface area contributed by atoms with Crippen molar-refractivity contribution in [3.05, 3.63) is 46.1 Å². The predicted octanol–water partition coefficient (Wildman–Crippen LogP) is 2.77. The van der Waals surface area contributed by atoms with Gasteiger partial charge in [0.25, 0.3) is 0 Å². The first-order valence-corrected chi connectivity index (χ1v) is 7.50. The molecule has 0 spiro atoms. The minimum Gasteiger partial charge on any atom is -0.466 e. The van der Waals surface area contributed by atoms with Gasteiger partial charge in [0.1, 0.15) is 0 Å². The molecule has 1 atom stereocenters. The standard InChI is InChI=1S/C14H13BrClNO3/c1-20-14(19)13-9(6-12(18)17-11(13)7-15)8-4-2-3-5-10(8)16/h2-5,9H,6-7H2,1H3,(H,17,18). The molecule has 1 heterocycles. The van der Waals surface area contributed by atoms with Gasteiger partial charge in [-0.2, -0.15) is 0 Å². The fourth-order valence-electron chi connectivity index (χ4n) is 2.29. The number of nitrogens with one attached hydrogen (secondary N) is 1. The van der Waals surface area contributed by atoms with E-state index in [1.54, 1.807) is 6.07 Å². The minimum atomic E-state index is -0.454. The highest BCUT2D eigenvalue weighted by Gasteiger charge is 2.34. The molecular weight excluding hydrogens is 346 g/mol. The molecule has 0 bridgehead atoms. The predicted molar refractivity (Wildman–Crippen MR) is 79.8 cm³/mol. The first-order chi connectivity index (χ1) is 9.58. The first kappa shape index (κ1) is 15.1. The molecule has 6 heteroatoms. The van der Waals surface area contributed by atoms with E-state index in [1.807, 2.05) is 18.2 Å². The molecular formula is C14H13BrClNO3. The van der Waals surface area contributed by atoms with Crippen LogP contribution in [-0.2, 0) is 14.3 Å². The number of hydrogen-bond donors (Lipinski definition) is 1. The van der Waals surface area contributed by atoms with Crippen molar-refractivity contribution in [2.75, 3.05) is 12.4 Å². The van der Waals surface area contributed by atoms with E-state index >= 15 is 0 Å². The van der Waals surface area contributed by atoms with Gasteiger partial charge in [-0.3, -0.25) is 4.79 Å². The average molecular weight is 359 g/mol. The minimum absolute atomic E-state index is 0.142. The number of rotatable bonds is 3. The monoisotopic (exact) mass is 357 g/mol. The highest BCUT2D eigenvalue weighted by atomic mass is 79.9. The van der Waals surface area contributed by atoms with Crippen molar-refractivity contribution in [3.63, 3.8) is 0 Å². The molecule has 0 saturated carbocycles. The second kappa shape index (κ2) is 6.41. The van der Waals surface area contributed by atoms with Crippen LogP contribution >= 0.6 is 27.5 Å². The number of esters is 1. The summed E-state index contributed by atoms with van der Waals surface area (Å²) in [5.41, 5.74) is 1.72. The maximum absolute atomic E-state index is 12.0. The molecule has 1 aromatic carbocycles. The van der Waals surface area contributed by atoms with Crippen LogP contribution in [0.1, 0.15) is 17.9 Å². The van der Waals surface area contributed by atoms with E-state index in [2.05, 4.69) is 21.2 Å². The van der Waals surface area contributed by atoms with Gasteiger partial charge < -0.3 is 10.1 Å². The zero-order chi connectivity index (χ0) is 14.7. The first-order valence-electron chi connectivity index (χ1n) is 6.00. The summed E-state index contributed by atoms with van der Waals surface area (Å²) in [5.74, 6) is -0.987. The number of hydrogen-bond acceptors (Lipinski definition) is 3. The molecule has 1 N–H and O–H groups in total. The number of ether oxygens (including phenoxy) is 1. The zero-order valence-electron chi connectivity index (χ0n) is 10.8. The quantitative estimate of drug-likeness (QED) is 0.668. The van der Waals surface area contributed by atoms with E-state index < -0.39 is 11.9 Å². The lowest BCUT2D eigenvalue weighted by molar-refractivity contribution is -0.136. The Morgan fingerprint density at radius 2 is 2.20 bits per heavy atom. The molecule has 0 radical (unpaired) electrons. The average Bonchev–Trinajstić information content (AvgIpc) is 2.46. The summed E-state index contributed by atoms with van der Waals surface area (Å²) in [5, 5.41) is 3.60.